The maximum absolute atomic E-state index is 15.0. The Morgan fingerprint density at radius 1 is 0.481 bits per heavy atom. The van der Waals surface area contributed by atoms with Crippen LogP contribution in [0.3, 0.4) is 0 Å². The number of nitrogens with zero attached hydrogens (tertiary/aromatic N) is 12. The molecule has 77 heavy (non-hydrogen) atoms. The molecule has 12 rings (SSSR count). The van der Waals surface area contributed by atoms with E-state index in [1.165, 1.54) is 10.0 Å². The Bertz CT molecular complexity index is 2990. The van der Waals surface area contributed by atoms with Crippen molar-refractivity contribution >= 4 is 58.6 Å². The van der Waals surface area contributed by atoms with E-state index in [1.54, 1.807) is 60.7 Å². The van der Waals surface area contributed by atoms with Crippen molar-refractivity contribution < 1.29 is 38.7 Å². The summed E-state index contributed by atoms with van der Waals surface area (Å²) in [6.45, 7) is 7.18. The summed E-state index contributed by atoms with van der Waals surface area (Å²) in [6.07, 6.45) is 4.44. The lowest BCUT2D eigenvalue weighted by atomic mass is 10.1. The number of aliphatic hydroxyl groups excluding tert-OH is 2. The van der Waals surface area contributed by atoms with Gasteiger partial charge < -0.3 is 59.4 Å². The lowest BCUT2D eigenvalue weighted by Crippen LogP contribution is -2.54. The Morgan fingerprint density at radius 3 is 1.23 bits per heavy atom. The number of morpholine rings is 4. The minimum absolute atomic E-state index is 0.0585. The van der Waals surface area contributed by atoms with Crippen LogP contribution in [-0.4, -0.2) is 162 Å². The molecule has 8 heterocycles. The fraction of sp³-hybridized carbons (Fsp3) is 0.418. The Hall–Kier alpha value is -7.60. The molecule has 4 atom stereocenters. The van der Waals surface area contributed by atoms with E-state index in [1.807, 2.05) is 36.4 Å². The number of aliphatic hydroxyl groups is 2. The van der Waals surface area contributed by atoms with E-state index < -0.39 is 12.1 Å². The zero-order valence-electron chi connectivity index (χ0n) is 42.7. The van der Waals surface area contributed by atoms with Crippen LogP contribution >= 0.6 is 0 Å². The maximum atomic E-state index is 15.0. The van der Waals surface area contributed by atoms with Crippen LogP contribution in [0.1, 0.15) is 36.8 Å². The highest BCUT2D eigenvalue weighted by Crippen LogP contribution is 2.36. The van der Waals surface area contributed by atoms with E-state index in [0.29, 0.717) is 149 Å². The standard InChI is InChI=1S/C55H62N14O8/c70-26-21-36-1-13-42(14-2-36)68(54(72)56-40-9-5-38(6-10-40)48-58-50(64-22-27-74-28-23-64)62-52(60-48)66-44-17-18-45(66)33-76-32-44)69(43-15-3-37(31-71)4-16-43)55(73)57-41-11-7-39(8-12-41)49-59-51(65-24-29-75-30-25-65)63-53(61-49)67-46-19-20-47(67)35-77-34-46/h1-16,44-47,70-71H,17-35H2,(H,56,72)(H,57,73). The van der Waals surface area contributed by atoms with Crippen molar-refractivity contribution in [2.45, 2.75) is 62.9 Å². The summed E-state index contributed by atoms with van der Waals surface area (Å²) in [5.74, 6) is 3.42. The molecule has 4 N–H and O–H groups in total. The predicted octanol–water partition coefficient (Wildman–Crippen LogP) is 5.52. The number of nitrogens with one attached hydrogen (secondary N) is 2. The molecule has 4 aromatic carbocycles. The van der Waals surface area contributed by atoms with E-state index in [-0.39, 0.29) is 37.4 Å². The van der Waals surface area contributed by atoms with Crippen LogP contribution in [0.4, 0.5) is 56.1 Å². The van der Waals surface area contributed by atoms with Gasteiger partial charge in [0.05, 0.1) is 95.0 Å². The first kappa shape index (κ1) is 50.2. The topological polar surface area (TPSA) is 232 Å². The highest BCUT2D eigenvalue weighted by molar-refractivity contribution is 6.13. The second-order valence-corrected chi connectivity index (χ2v) is 20.0. The van der Waals surface area contributed by atoms with Gasteiger partial charge in [-0.05, 0) is 116 Å². The maximum Gasteiger partial charge on any atom is 0.345 e. The van der Waals surface area contributed by atoms with Crippen LogP contribution in [0.15, 0.2) is 97.1 Å². The quantitative estimate of drug-likeness (QED) is 0.104. The Balaban J connectivity index is 0.840. The number of amides is 4. The van der Waals surface area contributed by atoms with Gasteiger partial charge in [-0.2, -0.15) is 39.9 Å². The molecule has 6 aliphatic heterocycles. The summed E-state index contributed by atoms with van der Waals surface area (Å²) < 4.78 is 23.1. The Morgan fingerprint density at radius 2 is 0.857 bits per heavy atom. The van der Waals surface area contributed by atoms with Crippen LogP contribution in [0, 0.1) is 0 Å². The summed E-state index contributed by atoms with van der Waals surface area (Å²) >= 11 is 0. The Kier molecular flexibility index (Phi) is 14.7. The largest absolute Gasteiger partial charge is 0.396 e. The van der Waals surface area contributed by atoms with E-state index in [2.05, 4.69) is 30.2 Å². The molecule has 22 heteroatoms. The molecule has 0 spiro atoms. The first-order chi connectivity index (χ1) is 37.8. The molecule has 6 aliphatic rings. The number of rotatable bonds is 13. The number of aromatic nitrogens is 6. The van der Waals surface area contributed by atoms with Crippen molar-refractivity contribution in [3.05, 3.63) is 108 Å². The summed E-state index contributed by atoms with van der Waals surface area (Å²) in [4.78, 5) is 68.8. The van der Waals surface area contributed by atoms with Crippen LogP contribution in [0.25, 0.3) is 22.8 Å². The number of fused-ring (bicyclic) bond motifs is 4. The highest BCUT2D eigenvalue weighted by Gasteiger charge is 2.41. The van der Waals surface area contributed by atoms with E-state index in [9.17, 15) is 10.2 Å². The lowest BCUT2D eigenvalue weighted by molar-refractivity contribution is 0.0897. The molecule has 4 bridgehead atoms. The van der Waals surface area contributed by atoms with Crippen molar-refractivity contribution in [1.29, 1.82) is 0 Å². The first-order valence-electron chi connectivity index (χ1n) is 26.6. The molecule has 2 aromatic heterocycles. The molecular formula is C55H62N14O8. The van der Waals surface area contributed by atoms with Crippen molar-refractivity contribution in [2.24, 2.45) is 0 Å². The van der Waals surface area contributed by atoms with Gasteiger partial charge >= 0.3 is 12.1 Å². The minimum atomic E-state index is -0.658. The summed E-state index contributed by atoms with van der Waals surface area (Å²) in [6, 6.07) is 27.8. The average Bonchev–Trinajstić information content (AvgIpc) is 3.94. The molecule has 400 valence electrons. The minimum Gasteiger partial charge on any atom is -0.396 e. The number of hydrogen-bond donors (Lipinski definition) is 4. The van der Waals surface area contributed by atoms with Gasteiger partial charge in [-0.3, -0.25) is 0 Å². The summed E-state index contributed by atoms with van der Waals surface area (Å²) in [5.41, 5.74) is 4.50. The molecule has 6 aromatic rings. The molecular weight excluding hydrogens is 985 g/mol. The van der Waals surface area contributed by atoms with E-state index in [0.717, 1.165) is 42.4 Å². The second-order valence-electron chi connectivity index (χ2n) is 20.0. The molecule has 6 saturated heterocycles. The molecule has 0 radical (unpaired) electrons. The number of benzene rings is 4. The Labute approximate surface area is 445 Å². The monoisotopic (exact) mass is 1050 g/mol. The van der Waals surface area contributed by atoms with Crippen LogP contribution < -0.4 is 40.3 Å². The third-order valence-corrected chi connectivity index (χ3v) is 15.1. The van der Waals surface area contributed by atoms with Crippen LogP contribution in [0.2, 0.25) is 0 Å². The number of hydrazine groups is 1. The zero-order chi connectivity index (χ0) is 52.2. The van der Waals surface area contributed by atoms with Gasteiger partial charge in [0, 0.05) is 55.3 Å². The number of carbonyl (C=O) groups is 2. The summed E-state index contributed by atoms with van der Waals surface area (Å²) in [7, 11) is 0. The van der Waals surface area contributed by atoms with Gasteiger partial charge in [0.25, 0.3) is 0 Å². The predicted molar refractivity (Wildman–Crippen MR) is 289 cm³/mol. The molecule has 6 fully saturated rings. The third-order valence-electron chi connectivity index (χ3n) is 15.1. The van der Waals surface area contributed by atoms with Gasteiger partial charge in [0.15, 0.2) is 11.6 Å². The first-order valence-corrected chi connectivity index (χ1v) is 26.6. The molecule has 22 nitrogen and oxygen atoms in total. The fourth-order valence-corrected chi connectivity index (χ4v) is 11.0. The van der Waals surface area contributed by atoms with Gasteiger partial charge in [-0.15, -0.1) is 0 Å². The third kappa shape index (κ3) is 10.8. The summed E-state index contributed by atoms with van der Waals surface area (Å²) in [5, 5.41) is 28.3. The van der Waals surface area contributed by atoms with Gasteiger partial charge in [-0.1, -0.05) is 24.3 Å². The van der Waals surface area contributed by atoms with Crippen molar-refractivity contribution in [2.75, 3.05) is 126 Å². The second kappa shape index (κ2) is 22.5. The molecule has 4 unspecified atom stereocenters. The SMILES string of the molecule is O=C(Nc1ccc(-c2nc(N3CCOCC3)nc(N3C4CCC3COC4)n2)cc1)N(c1ccc(CO)cc1)N(C(=O)Nc1ccc(-c2nc(N3CCOCC3)nc(N3C4CCC3COC4)n2)cc1)c1ccc(CCO)cc1. The molecule has 0 aliphatic carbocycles. The van der Waals surface area contributed by atoms with E-state index in [4.69, 9.17) is 48.9 Å². The number of anilines is 8. The average molecular weight is 1050 g/mol. The normalized spacial score (nSPS) is 21.0. The van der Waals surface area contributed by atoms with Crippen molar-refractivity contribution in [3.8, 4) is 22.8 Å². The number of hydrogen-bond acceptors (Lipinski definition) is 18. The van der Waals surface area contributed by atoms with Gasteiger partial charge in [0.2, 0.25) is 23.8 Å². The molecule has 4 amide bonds. The number of carbonyl (C=O) groups excluding carboxylic acids is 2. The smallest absolute Gasteiger partial charge is 0.345 e. The lowest BCUT2D eigenvalue weighted by Gasteiger charge is -2.35. The number of urea groups is 2. The van der Waals surface area contributed by atoms with Crippen molar-refractivity contribution in [1.82, 2.24) is 29.9 Å². The van der Waals surface area contributed by atoms with Gasteiger partial charge in [0.1, 0.15) is 0 Å². The van der Waals surface area contributed by atoms with E-state index >= 15 is 9.59 Å². The van der Waals surface area contributed by atoms with Crippen LogP contribution in [-0.2, 0) is 32.0 Å². The number of ether oxygens (including phenoxy) is 4. The highest BCUT2D eigenvalue weighted by atomic mass is 16.5. The molecule has 0 saturated carbocycles. The zero-order valence-corrected chi connectivity index (χ0v) is 42.7. The van der Waals surface area contributed by atoms with Crippen LogP contribution in [0.5, 0.6) is 0 Å². The fourth-order valence-electron chi connectivity index (χ4n) is 11.0. The van der Waals surface area contributed by atoms with Crippen molar-refractivity contribution in [3.63, 3.8) is 0 Å². The van der Waals surface area contributed by atoms with Gasteiger partial charge in [-0.25, -0.2) is 9.59 Å².